The maximum atomic E-state index is 6.64. The predicted octanol–water partition coefficient (Wildman–Crippen LogP) is 11.7. The standard InChI is InChI=1S/C45H31N3O2S/c1-2-9-26(10-3-1)43-46-44(28-19-22-38-36(23-28)31-11-4-6-15-37(31)49-38)48-45(47-43)29-18-21-33-32-20-17-27(24-39(32)50-40(33)25-29)30-13-8-14-35-34-12-5-7-16-41(34)51-42(30)35/h1-25,43-48H. The molecule has 0 aliphatic carbocycles. The molecule has 1 aliphatic heterocycles. The first kappa shape index (κ1) is 29.0. The number of benzene rings is 7. The van der Waals surface area contributed by atoms with Crippen molar-refractivity contribution in [2.45, 2.75) is 18.5 Å². The molecule has 0 radical (unpaired) electrons. The molecule has 4 heterocycles. The van der Waals surface area contributed by atoms with Gasteiger partial charge >= 0.3 is 0 Å². The Morgan fingerprint density at radius 3 is 1.86 bits per heavy atom. The van der Waals surface area contributed by atoms with Gasteiger partial charge in [0.05, 0.1) is 18.5 Å². The van der Waals surface area contributed by atoms with Crippen LogP contribution in [0.4, 0.5) is 0 Å². The number of rotatable bonds is 4. The molecule has 0 amide bonds. The molecule has 11 rings (SSSR count). The molecule has 244 valence electrons. The van der Waals surface area contributed by atoms with E-state index in [1.54, 1.807) is 0 Å². The summed E-state index contributed by atoms with van der Waals surface area (Å²) < 4.78 is 15.4. The van der Waals surface area contributed by atoms with Crippen molar-refractivity contribution in [3.63, 3.8) is 0 Å². The van der Waals surface area contributed by atoms with Gasteiger partial charge in [0.25, 0.3) is 0 Å². The van der Waals surface area contributed by atoms with Crippen LogP contribution < -0.4 is 16.0 Å². The fourth-order valence-electron chi connectivity index (χ4n) is 7.91. The van der Waals surface area contributed by atoms with Crippen molar-refractivity contribution in [3.8, 4) is 11.1 Å². The minimum absolute atomic E-state index is 0.0789. The van der Waals surface area contributed by atoms with Crippen LogP contribution in [-0.4, -0.2) is 0 Å². The van der Waals surface area contributed by atoms with Crippen molar-refractivity contribution >= 4 is 75.4 Å². The normalized spacial score (nSPS) is 18.2. The number of fused-ring (bicyclic) bond motifs is 9. The lowest BCUT2D eigenvalue weighted by Gasteiger charge is -2.39. The van der Waals surface area contributed by atoms with Gasteiger partial charge in [-0.05, 0) is 70.3 Å². The zero-order valence-corrected chi connectivity index (χ0v) is 28.2. The molecule has 1 saturated heterocycles. The minimum atomic E-state index is -0.142. The van der Waals surface area contributed by atoms with Gasteiger partial charge in [-0.3, -0.25) is 16.0 Å². The van der Waals surface area contributed by atoms with E-state index in [1.165, 1.54) is 31.3 Å². The van der Waals surface area contributed by atoms with Gasteiger partial charge in [0, 0.05) is 41.7 Å². The molecule has 3 aromatic heterocycles. The summed E-state index contributed by atoms with van der Waals surface area (Å²) in [5.74, 6) is 0. The number of thiophene rings is 1. The van der Waals surface area contributed by atoms with Crippen molar-refractivity contribution < 1.29 is 8.83 Å². The van der Waals surface area contributed by atoms with Gasteiger partial charge in [-0.15, -0.1) is 11.3 Å². The van der Waals surface area contributed by atoms with Gasteiger partial charge in [0.1, 0.15) is 22.3 Å². The molecule has 51 heavy (non-hydrogen) atoms. The Kier molecular flexibility index (Phi) is 6.48. The lowest BCUT2D eigenvalue weighted by Crippen LogP contribution is -2.54. The van der Waals surface area contributed by atoms with Crippen molar-refractivity contribution in [2.75, 3.05) is 0 Å². The Morgan fingerprint density at radius 1 is 0.392 bits per heavy atom. The summed E-state index contributed by atoms with van der Waals surface area (Å²) in [6, 6.07) is 53.8. The van der Waals surface area contributed by atoms with E-state index in [9.17, 15) is 0 Å². The summed E-state index contributed by atoms with van der Waals surface area (Å²) in [5.41, 5.74) is 9.39. The van der Waals surface area contributed by atoms with Crippen LogP contribution in [0.1, 0.15) is 35.2 Å². The molecule has 0 spiro atoms. The summed E-state index contributed by atoms with van der Waals surface area (Å²) in [6.45, 7) is 0. The smallest absolute Gasteiger partial charge is 0.136 e. The van der Waals surface area contributed by atoms with Crippen LogP contribution in [0.3, 0.4) is 0 Å². The Morgan fingerprint density at radius 2 is 1.00 bits per heavy atom. The third kappa shape index (κ3) is 4.73. The minimum Gasteiger partial charge on any atom is -0.456 e. The molecule has 7 aromatic carbocycles. The predicted molar refractivity (Wildman–Crippen MR) is 210 cm³/mol. The maximum absolute atomic E-state index is 6.64. The molecular weight excluding hydrogens is 647 g/mol. The summed E-state index contributed by atoms with van der Waals surface area (Å²) in [5, 5.41) is 18.6. The van der Waals surface area contributed by atoms with Crippen LogP contribution in [0.25, 0.3) is 75.2 Å². The second kappa shape index (κ2) is 11.4. The summed E-state index contributed by atoms with van der Waals surface area (Å²) in [7, 11) is 0. The molecule has 3 N–H and O–H groups in total. The zero-order valence-electron chi connectivity index (χ0n) is 27.4. The largest absolute Gasteiger partial charge is 0.456 e. The Balaban J connectivity index is 0.975. The van der Waals surface area contributed by atoms with Crippen LogP contribution in [0, 0.1) is 0 Å². The van der Waals surface area contributed by atoms with Crippen molar-refractivity contribution in [1.82, 2.24) is 16.0 Å². The topological polar surface area (TPSA) is 62.4 Å². The van der Waals surface area contributed by atoms with Gasteiger partial charge in [0.15, 0.2) is 0 Å². The second-order valence-electron chi connectivity index (χ2n) is 13.4. The molecule has 3 atom stereocenters. The average Bonchev–Trinajstić information content (AvgIpc) is 3.88. The van der Waals surface area contributed by atoms with Gasteiger partial charge in [-0.1, -0.05) is 109 Å². The van der Waals surface area contributed by atoms with Crippen LogP contribution >= 0.6 is 11.3 Å². The van der Waals surface area contributed by atoms with E-state index < -0.39 is 0 Å². The monoisotopic (exact) mass is 677 g/mol. The van der Waals surface area contributed by atoms with Gasteiger partial charge < -0.3 is 8.83 Å². The van der Waals surface area contributed by atoms with Crippen LogP contribution in [0.2, 0.25) is 0 Å². The fourth-order valence-corrected chi connectivity index (χ4v) is 9.14. The molecule has 5 nitrogen and oxygen atoms in total. The van der Waals surface area contributed by atoms with Gasteiger partial charge in [-0.2, -0.15) is 0 Å². The molecule has 3 unspecified atom stereocenters. The van der Waals surface area contributed by atoms with E-state index in [2.05, 4.69) is 155 Å². The van der Waals surface area contributed by atoms with Crippen LogP contribution in [0.15, 0.2) is 160 Å². The molecule has 1 fully saturated rings. The number of nitrogens with one attached hydrogen (secondary N) is 3. The van der Waals surface area contributed by atoms with Crippen molar-refractivity contribution in [2.24, 2.45) is 0 Å². The number of hydrogen-bond acceptors (Lipinski definition) is 6. The third-order valence-electron chi connectivity index (χ3n) is 10.4. The Labute approximate surface area is 297 Å². The highest BCUT2D eigenvalue weighted by Crippen LogP contribution is 2.42. The Hall–Kier alpha value is -5.76. The van der Waals surface area contributed by atoms with Crippen molar-refractivity contribution in [1.29, 1.82) is 0 Å². The van der Waals surface area contributed by atoms with E-state index in [-0.39, 0.29) is 18.5 Å². The maximum Gasteiger partial charge on any atom is 0.136 e. The first-order valence-electron chi connectivity index (χ1n) is 17.3. The summed E-state index contributed by atoms with van der Waals surface area (Å²) in [6.07, 6.45) is -0.341. The highest BCUT2D eigenvalue weighted by Gasteiger charge is 2.30. The Bertz CT molecular complexity index is 2940. The van der Waals surface area contributed by atoms with E-state index in [1.807, 2.05) is 23.5 Å². The molecule has 6 heteroatoms. The van der Waals surface area contributed by atoms with E-state index >= 15 is 0 Å². The van der Waals surface area contributed by atoms with Gasteiger partial charge in [0.2, 0.25) is 0 Å². The zero-order chi connectivity index (χ0) is 33.5. The molecular formula is C45H31N3O2S. The van der Waals surface area contributed by atoms with Crippen LogP contribution in [-0.2, 0) is 0 Å². The molecule has 0 saturated carbocycles. The van der Waals surface area contributed by atoms with E-state index in [0.29, 0.717) is 0 Å². The first-order chi connectivity index (χ1) is 25.2. The average molecular weight is 678 g/mol. The number of hydrogen-bond donors (Lipinski definition) is 3. The molecule has 0 bridgehead atoms. The van der Waals surface area contributed by atoms with Crippen LogP contribution in [0.5, 0.6) is 0 Å². The lowest BCUT2D eigenvalue weighted by atomic mass is 10.0. The van der Waals surface area contributed by atoms with E-state index in [0.717, 1.165) is 60.6 Å². The fraction of sp³-hybridized carbons (Fsp3) is 0.0667. The van der Waals surface area contributed by atoms with E-state index in [4.69, 9.17) is 8.83 Å². The number of para-hydroxylation sites is 1. The summed E-state index contributed by atoms with van der Waals surface area (Å²) >= 11 is 1.86. The highest BCUT2D eigenvalue weighted by molar-refractivity contribution is 7.26. The van der Waals surface area contributed by atoms with Crippen molar-refractivity contribution in [3.05, 3.63) is 168 Å². The third-order valence-corrected chi connectivity index (χ3v) is 11.6. The second-order valence-corrected chi connectivity index (χ2v) is 14.5. The van der Waals surface area contributed by atoms with Gasteiger partial charge in [-0.25, -0.2) is 0 Å². The lowest BCUT2D eigenvalue weighted by molar-refractivity contribution is 0.203. The molecule has 1 aliphatic rings. The quantitative estimate of drug-likeness (QED) is 0.173. The highest BCUT2D eigenvalue weighted by atomic mass is 32.1. The first-order valence-corrected chi connectivity index (χ1v) is 18.2. The SMILES string of the molecule is c1ccc(C2NC(c3ccc4c(c3)oc3cc(-c5cccc6c5sc5ccccc56)ccc34)NC(c3ccc4oc5ccccc5c4c3)N2)cc1. The molecule has 10 aromatic rings. The number of furan rings is 2. The summed E-state index contributed by atoms with van der Waals surface area (Å²) in [4.78, 5) is 0.